The van der Waals surface area contributed by atoms with Gasteiger partial charge in [-0.25, -0.2) is 0 Å². The van der Waals surface area contributed by atoms with Gasteiger partial charge in [-0.1, -0.05) is 231 Å². The van der Waals surface area contributed by atoms with Crippen LogP contribution in [0.1, 0.15) is 5.56 Å². The third kappa shape index (κ3) is 15.8. The summed E-state index contributed by atoms with van der Waals surface area (Å²) in [5, 5.41) is 14.4. The minimum Gasteiger partial charge on any atom is -0.456 e. The molecule has 0 saturated carbocycles. The van der Waals surface area contributed by atoms with Crippen molar-refractivity contribution in [1.29, 1.82) is 0 Å². The lowest BCUT2D eigenvalue weighted by Crippen LogP contribution is -2.10. The maximum Gasteiger partial charge on any atom is 0.137 e. The van der Waals surface area contributed by atoms with Crippen molar-refractivity contribution in [2.75, 3.05) is 29.4 Å². The van der Waals surface area contributed by atoms with E-state index in [9.17, 15) is 0 Å². The van der Waals surface area contributed by atoms with E-state index in [1.54, 1.807) is 0 Å². The quantitative estimate of drug-likeness (QED) is 0.0836. The smallest absolute Gasteiger partial charge is 0.137 e. The molecule has 9 nitrogen and oxygen atoms in total. The molecule has 0 bridgehead atoms. The third-order valence-corrected chi connectivity index (χ3v) is 29.5. The van der Waals surface area contributed by atoms with Crippen LogP contribution in [0.2, 0.25) is 0 Å². The molecule has 0 saturated heterocycles. The maximum atomic E-state index is 6.29. The number of aryl methyl sites for hydroxylation is 1. The van der Waals surface area contributed by atoms with Gasteiger partial charge < -0.3 is 42.7 Å². The lowest BCUT2D eigenvalue weighted by atomic mass is 10.0. The van der Waals surface area contributed by atoms with Gasteiger partial charge >= 0.3 is 0 Å². The predicted molar refractivity (Wildman–Crippen MR) is 593 cm³/mol. The topological polar surface area (TPSA) is 58.9 Å². The Balaban J connectivity index is 0.000000110. The number of para-hydroxylation sites is 12. The molecule has 0 spiro atoms. The molecule has 0 atom stereocenters. The zero-order valence-electron chi connectivity index (χ0n) is 75.6. The van der Waals surface area contributed by atoms with Gasteiger partial charge in [0.05, 0.1) is 0 Å². The molecule has 21 aromatic carbocycles. The van der Waals surface area contributed by atoms with E-state index in [0.29, 0.717) is 0 Å². The molecule has 0 radical (unpaired) electrons. The number of fused-ring (bicyclic) bond motifs is 18. The summed E-state index contributed by atoms with van der Waals surface area (Å²) in [6, 6.07) is 178. The first-order valence-corrected chi connectivity index (χ1v) is 49.2. The van der Waals surface area contributed by atoms with Gasteiger partial charge in [-0.15, -0.1) is 34.0 Å². The fraction of sp³-hybridized carbons (Fsp3) is 0.00787. The van der Waals surface area contributed by atoms with Gasteiger partial charge in [-0.2, -0.15) is 0 Å². The van der Waals surface area contributed by atoms with Crippen molar-refractivity contribution in [3.05, 3.63) is 509 Å². The molecular weight excluding hydrogens is 1750 g/mol. The fourth-order valence-corrected chi connectivity index (χ4v) is 23.3. The summed E-state index contributed by atoms with van der Waals surface area (Å²) in [6.45, 7) is 2.24. The van der Waals surface area contributed by atoms with Crippen molar-refractivity contribution < 1.29 is 13.3 Å². The largest absolute Gasteiger partial charge is 0.456 e. The van der Waals surface area contributed by atoms with Crippen molar-refractivity contribution in [2.45, 2.75) is 6.92 Å². The van der Waals surface area contributed by atoms with Crippen molar-refractivity contribution in [3.8, 4) is 0 Å². The van der Waals surface area contributed by atoms with Crippen molar-refractivity contribution in [3.63, 3.8) is 0 Å². The Morgan fingerprint density at radius 1 is 0.137 bits per heavy atom. The fourth-order valence-electron chi connectivity index (χ4n) is 19.9. The molecule has 12 heteroatoms. The molecule has 660 valence electrons. The maximum absolute atomic E-state index is 6.29. The number of benzene rings is 21. The highest BCUT2D eigenvalue weighted by Crippen LogP contribution is 2.51. The second-order valence-corrected chi connectivity index (χ2v) is 38.0. The molecule has 27 aromatic rings. The standard InChI is InChI=1S/C43H30N2OS.2C42H28N2OS/c1-29-25-35(45(32-17-9-4-10-18-32)33-21-23-40-37(26-33)36-19-11-12-20-39(36)46-40)28-42-43(29)38-27-34(22-24-41(38)47-42)44(30-13-5-2-6-14-30)31-15-7-3-8-16-31;1-4-12-29(13-5-1)43(30-14-6-2-7-15-30)32-22-25-41-38(26-32)37-24-21-34(28-42(37)46-41)44(31-16-8-3-9-17-31)33-20-23-36-35-18-10-11-19-39(35)45-40(36)27-33;1-4-12-29(13-5-1)43(30-14-6-2-7-15-30)33-22-25-41-38(27-33)36-23-20-34(28-42(36)46-41)44(31-16-8-3-9-17-31)32-21-24-40-37(26-32)35-18-10-11-19-39(35)45-40/h2-28H,1H3;2*1-28H. The van der Waals surface area contributed by atoms with E-state index in [-0.39, 0.29) is 0 Å². The molecular formula is C127H86N6O3S3. The predicted octanol–water partition coefficient (Wildman–Crippen LogP) is 39.0. The van der Waals surface area contributed by atoms with Crippen LogP contribution in [0.25, 0.3) is 126 Å². The number of hydrogen-bond donors (Lipinski definition) is 0. The van der Waals surface area contributed by atoms with Crippen LogP contribution in [-0.2, 0) is 0 Å². The van der Waals surface area contributed by atoms with Gasteiger partial charge in [0.2, 0.25) is 0 Å². The molecule has 6 heterocycles. The number of hydrogen-bond acceptors (Lipinski definition) is 12. The summed E-state index contributed by atoms with van der Waals surface area (Å²) < 4.78 is 26.2. The Labute approximate surface area is 815 Å². The van der Waals surface area contributed by atoms with Gasteiger partial charge in [0.25, 0.3) is 0 Å². The molecule has 0 N–H and O–H groups in total. The average molecular weight is 1840 g/mol. The zero-order valence-corrected chi connectivity index (χ0v) is 78.0. The number of anilines is 18. The highest BCUT2D eigenvalue weighted by atomic mass is 32.1. The van der Waals surface area contributed by atoms with Crippen LogP contribution in [0.4, 0.5) is 102 Å². The van der Waals surface area contributed by atoms with E-state index in [1.807, 2.05) is 70.4 Å². The van der Waals surface area contributed by atoms with E-state index in [0.717, 1.165) is 168 Å². The van der Waals surface area contributed by atoms with Crippen LogP contribution < -0.4 is 29.4 Å². The Morgan fingerprint density at radius 2 is 0.360 bits per heavy atom. The van der Waals surface area contributed by atoms with Gasteiger partial charge in [0.15, 0.2) is 0 Å². The van der Waals surface area contributed by atoms with Crippen LogP contribution >= 0.6 is 34.0 Å². The second kappa shape index (κ2) is 36.0. The normalized spacial score (nSPS) is 11.5. The Kier molecular flexibility index (Phi) is 21.6. The molecule has 139 heavy (non-hydrogen) atoms. The van der Waals surface area contributed by atoms with Crippen LogP contribution in [0, 0.1) is 6.92 Å². The molecule has 6 aromatic heterocycles. The molecule has 27 rings (SSSR count). The summed E-state index contributed by atoms with van der Waals surface area (Å²) in [4.78, 5) is 14.0. The van der Waals surface area contributed by atoms with E-state index in [2.05, 4.69) is 503 Å². The first kappa shape index (κ1) is 83.3. The highest BCUT2D eigenvalue weighted by Gasteiger charge is 2.26. The second-order valence-electron chi connectivity index (χ2n) is 34.7. The van der Waals surface area contributed by atoms with Crippen LogP contribution in [0.15, 0.2) is 517 Å². The SMILES string of the molecule is Cc1cc(N(c2ccccc2)c2ccc3oc4ccccc4c3c2)cc2sc3ccc(N(c4ccccc4)c4ccccc4)cc3c12.c1ccc(N(c2ccc3c(c2)oc2ccccc23)c2ccc3c(c2)sc2ccc(N(c4ccccc4)c4ccccc4)cc23)cc1.c1ccc(N(c2ccc3c(c2)sc2ccc(N(c4ccccc4)c4ccccc4)cc23)c2ccc3oc4ccccc4c3c2)cc1. The molecule has 0 amide bonds. The first-order valence-electron chi connectivity index (χ1n) is 46.7. The number of nitrogens with zero attached hydrogens (tertiary/aromatic N) is 6. The lowest BCUT2D eigenvalue weighted by Gasteiger charge is -2.26. The summed E-state index contributed by atoms with van der Waals surface area (Å²) >= 11 is 5.53. The van der Waals surface area contributed by atoms with Crippen LogP contribution in [-0.4, -0.2) is 0 Å². The summed E-state index contributed by atoms with van der Waals surface area (Å²) in [7, 11) is 0. The van der Waals surface area contributed by atoms with Crippen LogP contribution in [0.5, 0.6) is 0 Å². The molecule has 0 aliphatic carbocycles. The number of thiophene rings is 3. The van der Waals surface area contributed by atoms with E-state index in [4.69, 9.17) is 13.3 Å². The van der Waals surface area contributed by atoms with Crippen LogP contribution in [0.3, 0.4) is 0 Å². The minimum absolute atomic E-state index is 0.886. The highest BCUT2D eigenvalue weighted by molar-refractivity contribution is 7.26. The van der Waals surface area contributed by atoms with Gasteiger partial charge in [-0.05, 0) is 279 Å². The third-order valence-electron chi connectivity index (χ3n) is 26.1. The summed E-state index contributed by atoms with van der Waals surface area (Å²) in [6.07, 6.45) is 0. The average Bonchev–Trinajstić information content (AvgIpc) is 1.61. The molecule has 0 aliphatic heterocycles. The monoisotopic (exact) mass is 1840 g/mol. The summed E-state index contributed by atoms with van der Waals surface area (Å²) in [5.41, 5.74) is 26.8. The number of furan rings is 3. The van der Waals surface area contributed by atoms with E-state index < -0.39 is 0 Å². The minimum atomic E-state index is 0.886. The van der Waals surface area contributed by atoms with Gasteiger partial charge in [0, 0.05) is 201 Å². The molecule has 0 fully saturated rings. The Bertz CT molecular complexity index is 9070. The van der Waals surface area contributed by atoms with Gasteiger partial charge in [0.1, 0.15) is 33.5 Å². The number of rotatable bonds is 18. The van der Waals surface area contributed by atoms with Crippen molar-refractivity contribution in [2.24, 2.45) is 0 Å². The van der Waals surface area contributed by atoms with Crippen molar-refractivity contribution >= 4 is 263 Å². The van der Waals surface area contributed by atoms with Gasteiger partial charge in [-0.3, -0.25) is 0 Å². The Hall–Kier alpha value is -17.5. The first-order chi connectivity index (χ1) is 68.8. The van der Waals surface area contributed by atoms with E-state index >= 15 is 0 Å². The van der Waals surface area contributed by atoms with E-state index in [1.165, 1.54) is 66.1 Å². The zero-order chi connectivity index (χ0) is 92.2. The lowest BCUT2D eigenvalue weighted by molar-refractivity contribution is 0.668. The Morgan fingerprint density at radius 3 is 0.712 bits per heavy atom. The molecule has 0 aliphatic rings. The van der Waals surface area contributed by atoms with Crippen molar-refractivity contribution in [1.82, 2.24) is 0 Å². The summed E-state index contributed by atoms with van der Waals surface area (Å²) in [5.74, 6) is 0. The molecule has 0 unspecified atom stereocenters.